The first-order chi connectivity index (χ1) is 15.0. The zero-order valence-electron chi connectivity index (χ0n) is 16.3. The molecule has 1 nitrogen and oxygen atoms in total. The Morgan fingerprint density at radius 3 is 1.81 bits per heavy atom. The summed E-state index contributed by atoms with van der Waals surface area (Å²) in [5, 5.41) is 0. The molecule has 3 aromatic rings. The summed E-state index contributed by atoms with van der Waals surface area (Å²) < 4.78 is 114. The summed E-state index contributed by atoms with van der Waals surface area (Å²) in [6.07, 6.45) is -4.99. The summed E-state index contributed by atoms with van der Waals surface area (Å²) in [6.45, 7) is 1.98. The highest BCUT2D eigenvalue weighted by Gasteiger charge is 2.24. The molecule has 0 aliphatic rings. The van der Waals surface area contributed by atoms with Gasteiger partial charge in [-0.2, -0.15) is 13.2 Å². The topological polar surface area (TPSA) is 9.23 Å². The van der Waals surface area contributed by atoms with Crippen LogP contribution in [0.5, 0.6) is 5.75 Å². The first-order valence-electron chi connectivity index (χ1n) is 9.17. The number of rotatable bonds is 5. The van der Waals surface area contributed by atoms with Gasteiger partial charge in [-0.3, -0.25) is 0 Å². The molecular formula is C23H14F8O. The van der Waals surface area contributed by atoms with Crippen LogP contribution in [-0.2, 0) is 0 Å². The van der Waals surface area contributed by atoms with E-state index in [9.17, 15) is 35.1 Å². The normalized spacial score (nSPS) is 11.9. The van der Waals surface area contributed by atoms with Crippen molar-refractivity contribution in [1.82, 2.24) is 0 Å². The second-order valence-corrected chi connectivity index (χ2v) is 6.62. The van der Waals surface area contributed by atoms with E-state index in [2.05, 4.69) is 0 Å². The van der Waals surface area contributed by atoms with Crippen molar-refractivity contribution in [3.05, 3.63) is 83.2 Å². The maximum absolute atomic E-state index is 14.7. The zero-order chi connectivity index (χ0) is 23.6. The molecule has 0 aliphatic heterocycles. The van der Waals surface area contributed by atoms with Crippen LogP contribution in [0, 0.1) is 29.1 Å². The van der Waals surface area contributed by atoms with Crippen LogP contribution >= 0.6 is 0 Å². The first-order valence-corrected chi connectivity index (χ1v) is 9.17. The van der Waals surface area contributed by atoms with Crippen LogP contribution in [0.3, 0.4) is 0 Å². The van der Waals surface area contributed by atoms with Gasteiger partial charge in [0.25, 0.3) is 0 Å². The lowest BCUT2D eigenvalue weighted by molar-refractivity contribution is -0.0790. The molecule has 3 aromatic carbocycles. The van der Waals surface area contributed by atoms with Crippen LogP contribution in [0.4, 0.5) is 35.1 Å². The van der Waals surface area contributed by atoms with Gasteiger partial charge in [0.1, 0.15) is 34.8 Å². The minimum absolute atomic E-state index is 0.136. The van der Waals surface area contributed by atoms with Gasteiger partial charge in [-0.25, -0.2) is 22.0 Å². The van der Waals surface area contributed by atoms with Crippen LogP contribution in [0.15, 0.2) is 48.5 Å². The fourth-order valence-electron chi connectivity index (χ4n) is 3.06. The molecule has 0 saturated heterocycles. The van der Waals surface area contributed by atoms with Gasteiger partial charge in [0, 0.05) is 23.3 Å². The molecule has 0 fully saturated rings. The van der Waals surface area contributed by atoms with Gasteiger partial charge in [-0.1, -0.05) is 0 Å². The van der Waals surface area contributed by atoms with Gasteiger partial charge in [0.15, 0.2) is 0 Å². The molecule has 0 saturated carbocycles. The lowest BCUT2D eigenvalue weighted by Crippen LogP contribution is -2.01. The Labute approximate surface area is 177 Å². The number of allylic oxidation sites excluding steroid dienone is 1. The van der Waals surface area contributed by atoms with Gasteiger partial charge in [-0.05, 0) is 60.5 Å². The molecule has 0 aromatic heterocycles. The molecule has 168 valence electrons. The van der Waals surface area contributed by atoms with E-state index in [4.69, 9.17) is 4.74 Å². The summed E-state index contributed by atoms with van der Waals surface area (Å²) in [5.74, 6) is -5.96. The van der Waals surface area contributed by atoms with Gasteiger partial charge < -0.3 is 4.74 Å². The monoisotopic (exact) mass is 458 g/mol. The van der Waals surface area contributed by atoms with Crippen molar-refractivity contribution < 1.29 is 39.9 Å². The molecule has 0 atom stereocenters. The minimum atomic E-state index is -4.80. The first kappa shape index (κ1) is 23.3. The van der Waals surface area contributed by atoms with E-state index in [1.165, 1.54) is 12.1 Å². The molecule has 0 radical (unpaired) electrons. The average molecular weight is 458 g/mol. The Balaban J connectivity index is 2.03. The van der Waals surface area contributed by atoms with Crippen molar-refractivity contribution >= 4 is 6.08 Å². The second-order valence-electron chi connectivity index (χ2n) is 6.62. The molecule has 0 unspecified atom stereocenters. The molecule has 0 N–H and O–H groups in total. The third-order valence-corrected chi connectivity index (χ3v) is 4.41. The Morgan fingerprint density at radius 1 is 0.750 bits per heavy atom. The fourth-order valence-corrected chi connectivity index (χ4v) is 3.06. The minimum Gasteiger partial charge on any atom is -0.494 e. The van der Waals surface area contributed by atoms with E-state index in [-0.39, 0.29) is 35.6 Å². The van der Waals surface area contributed by atoms with Gasteiger partial charge in [0.2, 0.25) is 0 Å². The zero-order valence-corrected chi connectivity index (χ0v) is 16.3. The largest absolute Gasteiger partial charge is 0.494 e. The Morgan fingerprint density at radius 2 is 1.31 bits per heavy atom. The molecule has 9 heteroatoms. The molecule has 0 bridgehead atoms. The molecule has 0 aliphatic carbocycles. The highest BCUT2D eigenvalue weighted by Crippen LogP contribution is 2.34. The number of hydrogen-bond donors (Lipinski definition) is 0. The molecule has 32 heavy (non-hydrogen) atoms. The van der Waals surface area contributed by atoms with Gasteiger partial charge >= 0.3 is 6.18 Å². The van der Waals surface area contributed by atoms with E-state index in [0.717, 1.165) is 18.2 Å². The SMILES string of the molecule is CCOc1ccc(-c2cc(F)c(-c3cc(F)c(C=CC(F)(F)F)c(F)c3)c(F)c2)c(F)c1. The Kier molecular flexibility index (Phi) is 6.57. The summed E-state index contributed by atoms with van der Waals surface area (Å²) in [6, 6.07) is 6.30. The van der Waals surface area contributed by atoms with Crippen LogP contribution in [0.25, 0.3) is 28.3 Å². The summed E-state index contributed by atoms with van der Waals surface area (Å²) >= 11 is 0. The van der Waals surface area contributed by atoms with E-state index in [1.54, 1.807) is 6.92 Å². The summed E-state index contributed by atoms with van der Waals surface area (Å²) in [4.78, 5) is 0. The maximum atomic E-state index is 14.7. The summed E-state index contributed by atoms with van der Waals surface area (Å²) in [7, 11) is 0. The van der Waals surface area contributed by atoms with Crippen molar-refractivity contribution in [3.63, 3.8) is 0 Å². The number of hydrogen-bond acceptors (Lipinski definition) is 1. The second kappa shape index (κ2) is 9.02. The van der Waals surface area contributed by atoms with Crippen LogP contribution < -0.4 is 4.74 Å². The van der Waals surface area contributed by atoms with Crippen molar-refractivity contribution in [1.29, 1.82) is 0 Å². The van der Waals surface area contributed by atoms with Crippen molar-refractivity contribution in [2.24, 2.45) is 0 Å². The van der Waals surface area contributed by atoms with Crippen LogP contribution in [0.1, 0.15) is 12.5 Å². The lowest BCUT2D eigenvalue weighted by atomic mass is 9.97. The summed E-state index contributed by atoms with van der Waals surface area (Å²) in [5.41, 5.74) is -2.71. The maximum Gasteiger partial charge on any atom is 0.409 e. The van der Waals surface area contributed by atoms with Crippen LogP contribution in [0.2, 0.25) is 0 Å². The van der Waals surface area contributed by atoms with E-state index >= 15 is 0 Å². The fraction of sp³-hybridized carbons (Fsp3) is 0.130. The molecule has 0 heterocycles. The highest BCUT2D eigenvalue weighted by atomic mass is 19.4. The Bertz CT molecular complexity index is 1140. The smallest absolute Gasteiger partial charge is 0.409 e. The molecular weight excluding hydrogens is 444 g/mol. The van der Waals surface area contributed by atoms with Gasteiger partial charge in [-0.15, -0.1) is 0 Å². The van der Waals surface area contributed by atoms with Crippen molar-refractivity contribution in [2.75, 3.05) is 6.61 Å². The predicted molar refractivity (Wildman–Crippen MR) is 103 cm³/mol. The third kappa shape index (κ3) is 5.09. The number of alkyl halides is 3. The van der Waals surface area contributed by atoms with E-state index in [0.29, 0.717) is 12.1 Å². The molecule has 0 spiro atoms. The van der Waals surface area contributed by atoms with Crippen molar-refractivity contribution in [3.8, 4) is 28.0 Å². The highest BCUT2D eigenvalue weighted by molar-refractivity contribution is 5.73. The molecule has 0 amide bonds. The molecule has 3 rings (SSSR count). The number of halogens is 8. The third-order valence-electron chi connectivity index (χ3n) is 4.41. The predicted octanol–water partition coefficient (Wildman–Crippen LogP) is 7.69. The number of ether oxygens (including phenoxy) is 1. The van der Waals surface area contributed by atoms with Crippen LogP contribution in [-0.4, -0.2) is 12.8 Å². The standard InChI is InChI=1S/C23H14F8O/c1-2-32-14-3-4-15(19(26)11-14)12-7-20(27)22(21(28)8-12)13-9-17(24)16(18(25)10-13)5-6-23(29,30)31/h3-11H,2H2,1H3. The number of benzene rings is 3. The van der Waals surface area contributed by atoms with E-state index in [1.807, 2.05) is 0 Å². The van der Waals surface area contributed by atoms with Crippen molar-refractivity contribution in [2.45, 2.75) is 13.1 Å². The average Bonchev–Trinajstić information content (AvgIpc) is 2.66. The lowest BCUT2D eigenvalue weighted by Gasteiger charge is -2.12. The van der Waals surface area contributed by atoms with E-state index < -0.39 is 52.0 Å². The van der Waals surface area contributed by atoms with Gasteiger partial charge in [0.05, 0.1) is 12.2 Å². The Hall–Kier alpha value is -3.36. The quantitative estimate of drug-likeness (QED) is 0.356.